The number of rotatable bonds is 6. The van der Waals surface area contributed by atoms with Gasteiger partial charge in [0, 0.05) is 12.2 Å². The molecule has 2 heteroatoms. The molecule has 2 aromatic rings. The summed E-state index contributed by atoms with van der Waals surface area (Å²) in [6.45, 7) is 4.23. The van der Waals surface area contributed by atoms with E-state index in [9.17, 15) is 4.79 Å². The van der Waals surface area contributed by atoms with Crippen molar-refractivity contribution in [3.05, 3.63) is 70.8 Å². The minimum Gasteiger partial charge on any atom is -0.298 e. The van der Waals surface area contributed by atoms with Crippen molar-refractivity contribution in [2.24, 2.45) is 0 Å². The fourth-order valence-corrected chi connectivity index (χ4v) is 3.14. The van der Waals surface area contributed by atoms with Crippen LogP contribution in [0.5, 0.6) is 0 Å². The van der Waals surface area contributed by atoms with Crippen LogP contribution >= 0.6 is 11.8 Å². The second kappa shape index (κ2) is 7.30. The SMILES string of the molecule is Cc1cc(C)cc(CSCC(=O)Cc2ccccc2)c1. The Kier molecular flexibility index (Phi) is 5.42. The Morgan fingerprint density at radius 3 is 2.25 bits per heavy atom. The molecule has 0 aliphatic rings. The average Bonchev–Trinajstić information content (AvgIpc) is 2.38. The lowest BCUT2D eigenvalue weighted by Gasteiger charge is -2.05. The van der Waals surface area contributed by atoms with Crippen molar-refractivity contribution in [1.82, 2.24) is 0 Å². The van der Waals surface area contributed by atoms with E-state index in [0.29, 0.717) is 18.0 Å². The van der Waals surface area contributed by atoms with E-state index in [0.717, 1.165) is 11.3 Å². The maximum Gasteiger partial charge on any atom is 0.147 e. The molecule has 104 valence electrons. The van der Waals surface area contributed by atoms with Crippen molar-refractivity contribution in [1.29, 1.82) is 0 Å². The molecule has 2 rings (SSSR count). The third-order valence-electron chi connectivity index (χ3n) is 3.06. The molecule has 0 heterocycles. The summed E-state index contributed by atoms with van der Waals surface area (Å²) in [6.07, 6.45) is 0.542. The summed E-state index contributed by atoms with van der Waals surface area (Å²) in [4.78, 5) is 11.9. The molecule has 0 radical (unpaired) electrons. The summed E-state index contributed by atoms with van der Waals surface area (Å²) in [6, 6.07) is 16.5. The van der Waals surface area contributed by atoms with Gasteiger partial charge in [-0.15, -0.1) is 11.8 Å². The van der Waals surface area contributed by atoms with Crippen molar-refractivity contribution in [2.75, 3.05) is 5.75 Å². The van der Waals surface area contributed by atoms with Crippen molar-refractivity contribution < 1.29 is 4.79 Å². The van der Waals surface area contributed by atoms with E-state index in [-0.39, 0.29) is 0 Å². The second-order valence-corrected chi connectivity index (χ2v) is 6.18. The van der Waals surface area contributed by atoms with Crippen LogP contribution < -0.4 is 0 Å². The Labute approximate surface area is 125 Å². The van der Waals surface area contributed by atoms with E-state index >= 15 is 0 Å². The van der Waals surface area contributed by atoms with Crippen LogP contribution in [0.1, 0.15) is 22.3 Å². The number of carbonyl (C=O) groups is 1. The predicted molar refractivity (Wildman–Crippen MR) is 87.2 cm³/mol. The Balaban J connectivity index is 1.79. The Morgan fingerprint density at radius 1 is 0.950 bits per heavy atom. The van der Waals surface area contributed by atoms with Crippen LogP contribution in [0.4, 0.5) is 0 Å². The molecule has 0 bridgehead atoms. The van der Waals surface area contributed by atoms with Crippen LogP contribution in [0.2, 0.25) is 0 Å². The molecular formula is C18H20OS. The van der Waals surface area contributed by atoms with Crippen LogP contribution in [-0.2, 0) is 17.0 Å². The smallest absolute Gasteiger partial charge is 0.147 e. The molecule has 0 saturated heterocycles. The molecular weight excluding hydrogens is 264 g/mol. The van der Waals surface area contributed by atoms with E-state index in [4.69, 9.17) is 0 Å². The van der Waals surface area contributed by atoms with E-state index < -0.39 is 0 Å². The average molecular weight is 284 g/mol. The predicted octanol–water partition coefficient (Wildman–Crippen LogP) is 4.35. The lowest BCUT2D eigenvalue weighted by atomic mass is 10.1. The zero-order valence-electron chi connectivity index (χ0n) is 12.1. The van der Waals surface area contributed by atoms with Crippen LogP contribution in [0, 0.1) is 13.8 Å². The zero-order chi connectivity index (χ0) is 14.4. The molecule has 0 aliphatic carbocycles. The number of thioether (sulfide) groups is 1. The van der Waals surface area contributed by atoms with Crippen LogP contribution in [0.15, 0.2) is 48.5 Å². The number of hydrogen-bond acceptors (Lipinski definition) is 2. The van der Waals surface area contributed by atoms with Gasteiger partial charge in [0.25, 0.3) is 0 Å². The van der Waals surface area contributed by atoms with Gasteiger partial charge in [-0.05, 0) is 25.0 Å². The van der Waals surface area contributed by atoms with Gasteiger partial charge in [-0.25, -0.2) is 0 Å². The molecule has 0 aromatic heterocycles. The topological polar surface area (TPSA) is 17.1 Å². The molecule has 0 N–H and O–H groups in total. The summed E-state index contributed by atoms with van der Waals surface area (Å²) >= 11 is 1.70. The van der Waals surface area contributed by atoms with Crippen molar-refractivity contribution in [3.8, 4) is 0 Å². The van der Waals surface area contributed by atoms with Gasteiger partial charge in [-0.3, -0.25) is 4.79 Å². The van der Waals surface area contributed by atoms with Crippen molar-refractivity contribution in [2.45, 2.75) is 26.0 Å². The second-order valence-electron chi connectivity index (χ2n) is 5.19. The van der Waals surface area contributed by atoms with Gasteiger partial charge in [-0.2, -0.15) is 0 Å². The largest absolute Gasteiger partial charge is 0.298 e. The Bertz CT molecular complexity index is 555. The standard InChI is InChI=1S/C18H20OS/c1-14-8-15(2)10-17(9-14)12-20-13-18(19)11-16-6-4-3-5-7-16/h3-10H,11-13H2,1-2H3. The monoisotopic (exact) mass is 284 g/mol. The minimum atomic E-state index is 0.297. The molecule has 0 fully saturated rings. The quantitative estimate of drug-likeness (QED) is 0.784. The third kappa shape index (κ3) is 4.86. The first-order chi connectivity index (χ1) is 9.63. The third-order valence-corrected chi connectivity index (χ3v) is 4.12. The molecule has 0 amide bonds. The molecule has 0 aliphatic heterocycles. The molecule has 20 heavy (non-hydrogen) atoms. The van der Waals surface area contributed by atoms with Gasteiger partial charge in [0.1, 0.15) is 5.78 Å². The highest BCUT2D eigenvalue weighted by atomic mass is 32.2. The lowest BCUT2D eigenvalue weighted by Crippen LogP contribution is -2.05. The van der Waals surface area contributed by atoms with E-state index in [1.54, 1.807) is 11.8 Å². The highest BCUT2D eigenvalue weighted by Crippen LogP contribution is 2.16. The van der Waals surface area contributed by atoms with E-state index in [2.05, 4.69) is 32.0 Å². The van der Waals surface area contributed by atoms with Gasteiger partial charge in [0.2, 0.25) is 0 Å². The molecule has 0 saturated carbocycles. The molecule has 0 spiro atoms. The first-order valence-corrected chi connectivity index (χ1v) is 7.99. The van der Waals surface area contributed by atoms with Crippen LogP contribution in [-0.4, -0.2) is 11.5 Å². The number of aryl methyl sites for hydroxylation is 2. The maximum absolute atomic E-state index is 11.9. The fraction of sp³-hybridized carbons (Fsp3) is 0.278. The van der Waals surface area contributed by atoms with Gasteiger partial charge in [0.15, 0.2) is 0 Å². The minimum absolute atomic E-state index is 0.297. The molecule has 2 aromatic carbocycles. The maximum atomic E-state index is 11.9. The molecule has 0 unspecified atom stereocenters. The van der Waals surface area contributed by atoms with E-state index in [1.165, 1.54) is 16.7 Å². The molecule has 1 nitrogen and oxygen atoms in total. The number of Topliss-reactive ketones (excluding diaryl/α,β-unsaturated/α-hetero) is 1. The first-order valence-electron chi connectivity index (χ1n) is 6.84. The van der Waals surface area contributed by atoms with Crippen LogP contribution in [0.25, 0.3) is 0 Å². The normalized spacial score (nSPS) is 10.5. The number of benzene rings is 2. The first kappa shape index (κ1) is 14.9. The highest BCUT2D eigenvalue weighted by molar-refractivity contribution is 7.99. The van der Waals surface area contributed by atoms with E-state index in [1.807, 2.05) is 30.3 Å². The van der Waals surface area contributed by atoms with Gasteiger partial charge < -0.3 is 0 Å². The lowest BCUT2D eigenvalue weighted by molar-refractivity contribution is -0.116. The van der Waals surface area contributed by atoms with Crippen molar-refractivity contribution >= 4 is 17.5 Å². The zero-order valence-corrected chi connectivity index (χ0v) is 12.9. The number of carbonyl (C=O) groups excluding carboxylic acids is 1. The number of hydrogen-bond donors (Lipinski definition) is 0. The fourth-order valence-electron chi connectivity index (χ4n) is 2.31. The highest BCUT2D eigenvalue weighted by Gasteiger charge is 2.04. The summed E-state index contributed by atoms with van der Waals surface area (Å²) in [7, 11) is 0. The summed E-state index contributed by atoms with van der Waals surface area (Å²) < 4.78 is 0. The summed E-state index contributed by atoms with van der Waals surface area (Å²) in [5, 5.41) is 0. The Hall–Kier alpha value is -1.54. The van der Waals surface area contributed by atoms with Crippen LogP contribution in [0.3, 0.4) is 0 Å². The summed E-state index contributed by atoms with van der Waals surface area (Å²) in [5.41, 5.74) is 4.98. The van der Waals surface area contributed by atoms with Gasteiger partial charge in [0.05, 0.1) is 5.75 Å². The Morgan fingerprint density at radius 2 is 1.60 bits per heavy atom. The van der Waals surface area contributed by atoms with Gasteiger partial charge >= 0.3 is 0 Å². The number of ketones is 1. The summed E-state index contributed by atoms with van der Waals surface area (Å²) in [5.74, 6) is 1.79. The van der Waals surface area contributed by atoms with Crippen molar-refractivity contribution in [3.63, 3.8) is 0 Å². The molecule has 0 atom stereocenters. The van der Waals surface area contributed by atoms with Gasteiger partial charge in [-0.1, -0.05) is 59.7 Å².